The molecule has 2 atom stereocenters. The molecular weight excluding hydrogens is 415 g/mol. The minimum Gasteiger partial charge on any atom is -0.398 e. The number of imidazole rings is 1. The van der Waals surface area contributed by atoms with Crippen LogP contribution >= 0.6 is 23.2 Å². The van der Waals surface area contributed by atoms with Gasteiger partial charge in [-0.25, -0.2) is 4.98 Å². The van der Waals surface area contributed by atoms with Crippen LogP contribution in [0.2, 0.25) is 10.0 Å². The Hall–Kier alpha value is -1.75. The minimum atomic E-state index is 0.379. The van der Waals surface area contributed by atoms with E-state index < -0.39 is 0 Å². The van der Waals surface area contributed by atoms with Gasteiger partial charge in [0.05, 0.1) is 16.4 Å². The van der Waals surface area contributed by atoms with Crippen molar-refractivity contribution >= 4 is 34.5 Å². The third-order valence-electron chi connectivity index (χ3n) is 6.80. The first-order chi connectivity index (χ1) is 14.1. The van der Waals surface area contributed by atoms with Crippen molar-refractivity contribution in [3.8, 4) is 11.3 Å². The summed E-state index contributed by atoms with van der Waals surface area (Å²) in [5, 5.41) is 1.25. The lowest BCUT2D eigenvalue weighted by Crippen LogP contribution is -2.34. The highest BCUT2D eigenvalue weighted by atomic mass is 35.5. The third-order valence-corrected chi connectivity index (χ3v) is 7.35. The second-order valence-electron chi connectivity index (χ2n) is 10.3. The van der Waals surface area contributed by atoms with E-state index >= 15 is 0 Å². The van der Waals surface area contributed by atoms with E-state index in [0.717, 1.165) is 41.4 Å². The minimum absolute atomic E-state index is 0.379. The molecule has 2 N–H and O–H groups in total. The van der Waals surface area contributed by atoms with Crippen molar-refractivity contribution in [3.63, 3.8) is 0 Å². The lowest BCUT2D eigenvalue weighted by Gasteiger charge is -2.40. The Morgan fingerprint density at radius 2 is 1.93 bits per heavy atom. The molecule has 3 aromatic rings. The van der Waals surface area contributed by atoms with Gasteiger partial charge < -0.3 is 10.1 Å². The molecule has 1 saturated heterocycles. The van der Waals surface area contributed by atoms with Gasteiger partial charge in [-0.3, -0.25) is 4.90 Å². The zero-order chi connectivity index (χ0) is 21.3. The van der Waals surface area contributed by atoms with Crippen LogP contribution in [0.15, 0.2) is 36.5 Å². The first-order valence-corrected chi connectivity index (χ1v) is 11.3. The van der Waals surface area contributed by atoms with E-state index in [1.807, 2.05) is 30.5 Å². The van der Waals surface area contributed by atoms with Crippen molar-refractivity contribution in [1.82, 2.24) is 14.3 Å². The van der Waals surface area contributed by atoms with Crippen molar-refractivity contribution < 1.29 is 0 Å². The second kappa shape index (κ2) is 6.88. The molecule has 2 unspecified atom stereocenters. The fraction of sp³-hybridized carbons (Fsp3) is 0.458. The number of anilines is 1. The lowest BCUT2D eigenvalue weighted by atomic mass is 9.65. The normalized spacial score (nSPS) is 25.8. The first-order valence-electron chi connectivity index (χ1n) is 10.6. The van der Waals surface area contributed by atoms with Gasteiger partial charge in [0.2, 0.25) is 0 Å². The van der Waals surface area contributed by atoms with E-state index in [1.165, 1.54) is 19.3 Å². The van der Waals surface area contributed by atoms with Crippen LogP contribution in [0.4, 0.5) is 5.69 Å². The van der Waals surface area contributed by atoms with Crippen LogP contribution in [-0.2, 0) is 6.54 Å². The predicted molar refractivity (Wildman–Crippen MR) is 125 cm³/mol. The van der Waals surface area contributed by atoms with Gasteiger partial charge in [0.1, 0.15) is 5.65 Å². The molecule has 158 valence electrons. The van der Waals surface area contributed by atoms with Crippen molar-refractivity contribution in [2.45, 2.75) is 52.6 Å². The van der Waals surface area contributed by atoms with Gasteiger partial charge in [-0.1, -0.05) is 44.0 Å². The SMILES string of the molecule is CC1(C)CC2CC(C)(CN2Cc2c(-c3ccc(Cl)cc3Cl)nc3ccc(N)cn23)C1. The van der Waals surface area contributed by atoms with Crippen LogP contribution in [0.5, 0.6) is 0 Å². The highest BCUT2D eigenvalue weighted by Crippen LogP contribution is 2.53. The van der Waals surface area contributed by atoms with Crippen molar-refractivity contribution in [3.05, 3.63) is 52.3 Å². The molecule has 1 aromatic carbocycles. The molecule has 0 amide bonds. The molecule has 3 heterocycles. The number of benzene rings is 1. The van der Waals surface area contributed by atoms with Crippen LogP contribution < -0.4 is 5.73 Å². The van der Waals surface area contributed by atoms with Gasteiger partial charge >= 0.3 is 0 Å². The molecule has 5 rings (SSSR count). The highest BCUT2D eigenvalue weighted by molar-refractivity contribution is 6.36. The van der Waals surface area contributed by atoms with E-state index in [0.29, 0.717) is 26.9 Å². The molecular formula is C24H28Cl2N4. The third kappa shape index (κ3) is 3.49. The molecule has 0 radical (unpaired) electrons. The Morgan fingerprint density at radius 1 is 1.13 bits per heavy atom. The quantitative estimate of drug-likeness (QED) is 0.518. The molecule has 0 spiro atoms. The summed E-state index contributed by atoms with van der Waals surface area (Å²) in [5.41, 5.74) is 11.5. The lowest BCUT2D eigenvalue weighted by molar-refractivity contribution is 0.126. The summed E-state index contributed by atoms with van der Waals surface area (Å²) in [7, 11) is 0. The smallest absolute Gasteiger partial charge is 0.137 e. The number of aromatic nitrogens is 2. The van der Waals surface area contributed by atoms with Gasteiger partial charge in [-0.05, 0) is 60.4 Å². The van der Waals surface area contributed by atoms with Crippen LogP contribution in [0.25, 0.3) is 16.9 Å². The molecule has 30 heavy (non-hydrogen) atoms. The van der Waals surface area contributed by atoms with Crippen LogP contribution in [0, 0.1) is 10.8 Å². The zero-order valence-electron chi connectivity index (χ0n) is 17.8. The molecule has 1 aliphatic carbocycles. The van der Waals surface area contributed by atoms with Gasteiger partial charge in [0.15, 0.2) is 0 Å². The Kier molecular flexibility index (Phi) is 4.62. The maximum absolute atomic E-state index is 6.59. The van der Waals surface area contributed by atoms with Crippen molar-refractivity contribution in [2.75, 3.05) is 12.3 Å². The first kappa shape index (κ1) is 20.2. The van der Waals surface area contributed by atoms with E-state index in [-0.39, 0.29) is 0 Å². The fourth-order valence-electron chi connectivity index (χ4n) is 6.11. The molecule has 2 bridgehead atoms. The molecule has 2 fully saturated rings. The fourth-order valence-corrected chi connectivity index (χ4v) is 6.61. The van der Waals surface area contributed by atoms with Gasteiger partial charge in [-0.2, -0.15) is 0 Å². The average Bonchev–Trinajstić information content (AvgIpc) is 3.08. The van der Waals surface area contributed by atoms with E-state index in [9.17, 15) is 0 Å². The van der Waals surface area contributed by atoms with Crippen molar-refractivity contribution in [2.24, 2.45) is 10.8 Å². The molecule has 2 aliphatic rings. The number of nitrogens with two attached hydrogens (primary N) is 1. The van der Waals surface area contributed by atoms with E-state index in [4.69, 9.17) is 33.9 Å². The number of pyridine rings is 1. The summed E-state index contributed by atoms with van der Waals surface area (Å²) in [6, 6.07) is 10.1. The van der Waals surface area contributed by atoms with E-state index in [2.05, 4.69) is 30.1 Å². The Labute approximate surface area is 188 Å². The number of fused-ring (bicyclic) bond motifs is 3. The summed E-state index contributed by atoms with van der Waals surface area (Å²) in [6.45, 7) is 9.22. The number of rotatable bonds is 3. The Morgan fingerprint density at radius 3 is 2.70 bits per heavy atom. The standard InChI is InChI=1S/C24H28Cl2N4/c1-23(2)9-17-10-24(3,13-23)14-29(17)12-20-22(18-6-4-15(25)8-19(18)26)28-21-7-5-16(27)11-30(20)21/h4-8,11,17H,9-10,12-14,27H2,1-3H3. The van der Waals surface area contributed by atoms with Crippen LogP contribution in [0.1, 0.15) is 45.7 Å². The number of likely N-dealkylation sites (tertiary alicyclic amines) is 1. The summed E-state index contributed by atoms with van der Waals surface area (Å²) in [5.74, 6) is 0. The monoisotopic (exact) mass is 442 g/mol. The van der Waals surface area contributed by atoms with Gasteiger partial charge in [0, 0.05) is 41.6 Å². The molecule has 6 heteroatoms. The molecule has 1 aliphatic heterocycles. The summed E-state index contributed by atoms with van der Waals surface area (Å²) in [6.07, 6.45) is 5.76. The summed E-state index contributed by atoms with van der Waals surface area (Å²) < 4.78 is 2.13. The van der Waals surface area contributed by atoms with Crippen LogP contribution in [-0.4, -0.2) is 26.9 Å². The van der Waals surface area contributed by atoms with Crippen molar-refractivity contribution in [1.29, 1.82) is 0 Å². The predicted octanol–water partition coefficient (Wildman–Crippen LogP) is 6.29. The molecule has 2 aromatic heterocycles. The second-order valence-corrected chi connectivity index (χ2v) is 11.2. The van der Waals surface area contributed by atoms with E-state index in [1.54, 1.807) is 6.07 Å². The Bertz CT molecular complexity index is 1140. The largest absolute Gasteiger partial charge is 0.398 e. The van der Waals surface area contributed by atoms with Crippen LogP contribution in [0.3, 0.4) is 0 Å². The highest BCUT2D eigenvalue weighted by Gasteiger charge is 2.49. The molecule has 4 nitrogen and oxygen atoms in total. The zero-order valence-corrected chi connectivity index (χ0v) is 19.3. The number of hydrogen-bond donors (Lipinski definition) is 1. The van der Waals surface area contributed by atoms with Gasteiger partial charge in [0.25, 0.3) is 0 Å². The molecule has 1 saturated carbocycles. The number of nitrogens with zero attached hydrogens (tertiary/aromatic N) is 3. The number of halogens is 2. The number of hydrogen-bond acceptors (Lipinski definition) is 3. The summed E-state index contributed by atoms with van der Waals surface area (Å²) >= 11 is 12.7. The number of nitrogen functional groups attached to an aromatic ring is 1. The average molecular weight is 443 g/mol. The summed E-state index contributed by atoms with van der Waals surface area (Å²) in [4.78, 5) is 7.59. The maximum Gasteiger partial charge on any atom is 0.137 e. The topological polar surface area (TPSA) is 46.6 Å². The maximum atomic E-state index is 6.59. The Balaban J connectivity index is 1.61. The van der Waals surface area contributed by atoms with Gasteiger partial charge in [-0.15, -0.1) is 0 Å².